The Morgan fingerprint density at radius 1 is 1.14 bits per heavy atom. The molecule has 0 radical (unpaired) electrons. The molecule has 1 amide bonds. The molecule has 1 saturated heterocycles. The number of ketones is 1. The van der Waals surface area contributed by atoms with Crippen LogP contribution in [0.25, 0.3) is 5.76 Å². The van der Waals surface area contributed by atoms with Crippen molar-refractivity contribution >= 4 is 28.8 Å². The Hall–Kier alpha value is -3.32. The van der Waals surface area contributed by atoms with Crippen molar-refractivity contribution < 1.29 is 19.1 Å². The molecule has 3 heterocycles. The summed E-state index contributed by atoms with van der Waals surface area (Å²) in [7, 11) is 0. The zero-order valence-electron chi connectivity index (χ0n) is 14.6. The van der Waals surface area contributed by atoms with Crippen LogP contribution in [0.15, 0.2) is 71.9 Å². The van der Waals surface area contributed by atoms with Gasteiger partial charge in [-0.3, -0.25) is 14.6 Å². The van der Waals surface area contributed by atoms with E-state index in [9.17, 15) is 19.1 Å². The van der Waals surface area contributed by atoms with E-state index in [0.717, 1.165) is 4.88 Å². The minimum atomic E-state index is -0.817. The summed E-state index contributed by atoms with van der Waals surface area (Å²) in [5, 5.41) is 12.7. The van der Waals surface area contributed by atoms with Crippen LogP contribution >= 0.6 is 11.3 Å². The van der Waals surface area contributed by atoms with Crippen molar-refractivity contribution in [2.75, 3.05) is 0 Å². The maximum Gasteiger partial charge on any atom is 0.295 e. The number of amides is 1. The number of benzene rings is 1. The summed E-state index contributed by atoms with van der Waals surface area (Å²) in [5.74, 6) is -2.19. The fourth-order valence-corrected chi connectivity index (χ4v) is 3.97. The van der Waals surface area contributed by atoms with Crippen molar-refractivity contribution in [1.82, 2.24) is 9.88 Å². The Morgan fingerprint density at radius 2 is 1.93 bits per heavy atom. The highest BCUT2D eigenvalue weighted by atomic mass is 32.1. The predicted octanol–water partition coefficient (Wildman–Crippen LogP) is 3.90. The number of carbonyl (C=O) groups is 2. The zero-order valence-corrected chi connectivity index (χ0v) is 15.4. The molecule has 7 heteroatoms. The van der Waals surface area contributed by atoms with Crippen molar-refractivity contribution in [2.45, 2.75) is 12.6 Å². The Bertz CT molecular complexity index is 1050. The number of carbonyl (C=O) groups excluding carboxylic acids is 2. The van der Waals surface area contributed by atoms with E-state index < -0.39 is 23.5 Å². The number of hydrogen-bond donors (Lipinski definition) is 1. The molecule has 1 N–H and O–H groups in total. The summed E-state index contributed by atoms with van der Waals surface area (Å²) in [4.78, 5) is 31.8. The summed E-state index contributed by atoms with van der Waals surface area (Å²) in [6, 6.07) is 11.7. The summed E-state index contributed by atoms with van der Waals surface area (Å²) in [5.41, 5.74) is 0.854. The van der Waals surface area contributed by atoms with Crippen LogP contribution in [-0.2, 0) is 16.1 Å². The number of aromatic nitrogens is 1. The molecule has 140 valence electrons. The predicted molar refractivity (Wildman–Crippen MR) is 103 cm³/mol. The average Bonchev–Trinajstić information content (AvgIpc) is 3.31. The van der Waals surface area contributed by atoms with Crippen LogP contribution in [0, 0.1) is 5.82 Å². The fraction of sp³-hybridized carbons (Fsp3) is 0.0952. The van der Waals surface area contributed by atoms with E-state index in [4.69, 9.17) is 0 Å². The molecule has 1 atom stereocenters. The standard InChI is InChI=1S/C21H15FN2O3S/c22-15-7-5-13(6-8-15)18-17(19(25)14-3-1-9-23-11-14)20(26)21(27)24(18)12-16-4-2-10-28-16/h1-11,18,25H,12H2/b19-17+. The lowest BCUT2D eigenvalue weighted by atomic mass is 9.95. The molecule has 0 bridgehead atoms. The summed E-state index contributed by atoms with van der Waals surface area (Å²) >= 11 is 1.46. The third-order valence-corrected chi connectivity index (χ3v) is 5.43. The van der Waals surface area contributed by atoms with Gasteiger partial charge in [-0.1, -0.05) is 18.2 Å². The van der Waals surface area contributed by atoms with Gasteiger partial charge in [0.1, 0.15) is 11.6 Å². The van der Waals surface area contributed by atoms with Gasteiger partial charge in [0, 0.05) is 22.8 Å². The molecule has 28 heavy (non-hydrogen) atoms. The first-order chi connectivity index (χ1) is 13.6. The molecule has 0 spiro atoms. The van der Waals surface area contributed by atoms with Crippen LogP contribution in [0.3, 0.4) is 0 Å². The van der Waals surface area contributed by atoms with Gasteiger partial charge in [0.15, 0.2) is 0 Å². The SMILES string of the molecule is O=C1C(=O)N(Cc2cccs2)C(c2ccc(F)cc2)/C1=C(\O)c1cccnc1. The molecule has 1 fully saturated rings. The number of pyridine rings is 1. The van der Waals surface area contributed by atoms with Crippen LogP contribution in [-0.4, -0.2) is 26.7 Å². The Kier molecular flexibility index (Phi) is 4.75. The van der Waals surface area contributed by atoms with Gasteiger partial charge in [-0.05, 0) is 41.3 Å². The van der Waals surface area contributed by atoms with Crippen LogP contribution in [0.2, 0.25) is 0 Å². The second-order valence-corrected chi connectivity index (χ2v) is 7.33. The van der Waals surface area contributed by atoms with E-state index in [1.807, 2.05) is 17.5 Å². The Labute approximate surface area is 164 Å². The van der Waals surface area contributed by atoms with Gasteiger partial charge in [0.05, 0.1) is 18.2 Å². The van der Waals surface area contributed by atoms with Gasteiger partial charge in [-0.25, -0.2) is 4.39 Å². The highest BCUT2D eigenvalue weighted by molar-refractivity contribution is 7.09. The molecule has 4 rings (SSSR count). The normalized spacial score (nSPS) is 18.6. The Balaban J connectivity index is 1.86. The molecule has 5 nitrogen and oxygen atoms in total. The number of aliphatic hydroxyl groups is 1. The summed E-state index contributed by atoms with van der Waals surface area (Å²) in [6.07, 6.45) is 2.97. The minimum Gasteiger partial charge on any atom is -0.507 e. The highest BCUT2D eigenvalue weighted by Crippen LogP contribution is 2.40. The smallest absolute Gasteiger partial charge is 0.295 e. The lowest BCUT2D eigenvalue weighted by Gasteiger charge is -2.24. The lowest BCUT2D eigenvalue weighted by molar-refractivity contribution is -0.140. The van der Waals surface area contributed by atoms with E-state index in [-0.39, 0.29) is 17.9 Å². The molecule has 1 aliphatic heterocycles. The first-order valence-electron chi connectivity index (χ1n) is 8.53. The van der Waals surface area contributed by atoms with Gasteiger partial charge >= 0.3 is 0 Å². The van der Waals surface area contributed by atoms with Gasteiger partial charge in [-0.15, -0.1) is 11.3 Å². The van der Waals surface area contributed by atoms with Crippen molar-refractivity contribution in [3.8, 4) is 0 Å². The summed E-state index contributed by atoms with van der Waals surface area (Å²) in [6.45, 7) is 0.216. The molecule has 0 saturated carbocycles. The van der Waals surface area contributed by atoms with Crippen molar-refractivity contribution in [3.05, 3.63) is 93.7 Å². The van der Waals surface area contributed by atoms with Crippen molar-refractivity contribution in [2.24, 2.45) is 0 Å². The molecule has 1 unspecified atom stereocenters. The van der Waals surface area contributed by atoms with Crippen LogP contribution in [0.5, 0.6) is 0 Å². The fourth-order valence-electron chi connectivity index (χ4n) is 3.26. The van der Waals surface area contributed by atoms with E-state index >= 15 is 0 Å². The number of likely N-dealkylation sites (tertiary alicyclic amines) is 1. The molecule has 1 aliphatic rings. The average molecular weight is 394 g/mol. The number of Topliss-reactive ketones (excluding diaryl/α,β-unsaturated/α-hetero) is 1. The van der Waals surface area contributed by atoms with Crippen molar-refractivity contribution in [3.63, 3.8) is 0 Å². The second-order valence-electron chi connectivity index (χ2n) is 6.30. The largest absolute Gasteiger partial charge is 0.507 e. The molecule has 3 aromatic rings. The van der Waals surface area contributed by atoms with Crippen LogP contribution in [0.4, 0.5) is 4.39 Å². The number of aliphatic hydroxyl groups excluding tert-OH is 1. The van der Waals surface area contributed by atoms with Gasteiger partial charge in [0.2, 0.25) is 0 Å². The van der Waals surface area contributed by atoms with E-state index in [0.29, 0.717) is 11.1 Å². The second kappa shape index (κ2) is 7.36. The highest BCUT2D eigenvalue weighted by Gasteiger charge is 2.46. The zero-order chi connectivity index (χ0) is 19.7. The first-order valence-corrected chi connectivity index (χ1v) is 9.41. The summed E-state index contributed by atoms with van der Waals surface area (Å²) < 4.78 is 13.4. The van der Waals surface area contributed by atoms with Gasteiger partial charge in [0.25, 0.3) is 11.7 Å². The van der Waals surface area contributed by atoms with E-state index in [2.05, 4.69) is 4.98 Å². The third kappa shape index (κ3) is 3.20. The van der Waals surface area contributed by atoms with Gasteiger partial charge < -0.3 is 10.0 Å². The number of halogens is 1. The third-order valence-electron chi connectivity index (χ3n) is 4.57. The minimum absolute atomic E-state index is 0.0267. The van der Waals surface area contributed by atoms with E-state index in [1.54, 1.807) is 18.3 Å². The number of nitrogens with zero attached hydrogens (tertiary/aromatic N) is 2. The van der Waals surface area contributed by atoms with Gasteiger partial charge in [-0.2, -0.15) is 0 Å². The monoisotopic (exact) mass is 394 g/mol. The van der Waals surface area contributed by atoms with Crippen molar-refractivity contribution in [1.29, 1.82) is 0 Å². The molecule has 0 aliphatic carbocycles. The number of thiophene rings is 1. The first kappa shape index (κ1) is 18.1. The quantitative estimate of drug-likeness (QED) is 0.414. The number of hydrogen-bond acceptors (Lipinski definition) is 5. The molecule has 2 aromatic heterocycles. The van der Waals surface area contributed by atoms with Crippen LogP contribution < -0.4 is 0 Å². The number of rotatable bonds is 4. The van der Waals surface area contributed by atoms with Crippen LogP contribution in [0.1, 0.15) is 22.0 Å². The molecular formula is C21H15FN2O3S. The molecular weight excluding hydrogens is 379 g/mol. The Morgan fingerprint density at radius 3 is 2.57 bits per heavy atom. The lowest BCUT2D eigenvalue weighted by Crippen LogP contribution is -2.28. The topological polar surface area (TPSA) is 70.5 Å². The molecule has 1 aromatic carbocycles. The maximum atomic E-state index is 13.4. The maximum absolute atomic E-state index is 13.4. The van der Waals surface area contributed by atoms with E-state index in [1.165, 1.54) is 46.7 Å².